The Morgan fingerprint density at radius 3 is 2.31 bits per heavy atom. The highest BCUT2D eigenvalue weighted by Gasteiger charge is 2.21. The first-order valence-electron chi connectivity index (χ1n) is 4.68. The number of nitrogens with zero attached hydrogens (tertiary/aromatic N) is 1. The van der Waals surface area contributed by atoms with Gasteiger partial charge in [0.1, 0.15) is 0 Å². The first kappa shape index (κ1) is 12.0. The summed E-state index contributed by atoms with van der Waals surface area (Å²) in [6.45, 7) is 3.76. The molecule has 1 aromatic rings. The second kappa shape index (κ2) is 5.11. The summed E-state index contributed by atoms with van der Waals surface area (Å²) >= 11 is 0. The summed E-state index contributed by atoms with van der Waals surface area (Å²) in [4.78, 5) is 23.7. The van der Waals surface area contributed by atoms with Crippen molar-refractivity contribution in [2.24, 2.45) is 0 Å². The predicted octanol–water partition coefficient (Wildman–Crippen LogP) is 1.29. The van der Waals surface area contributed by atoms with E-state index in [1.165, 1.54) is 19.1 Å². The summed E-state index contributed by atoms with van der Waals surface area (Å²) in [5.41, 5.74) is 1.23. The zero-order chi connectivity index (χ0) is 12.1. The van der Waals surface area contributed by atoms with Crippen LogP contribution in [-0.2, 0) is 14.3 Å². The number of amides is 1. The van der Waals surface area contributed by atoms with Crippen LogP contribution >= 0.6 is 0 Å². The van der Waals surface area contributed by atoms with Gasteiger partial charge in [-0.3, -0.25) is 4.79 Å². The molecule has 0 aliphatic carbocycles. The molecule has 0 radical (unpaired) electrons. The van der Waals surface area contributed by atoms with Crippen molar-refractivity contribution >= 4 is 17.6 Å². The Bertz CT molecular complexity index is 412. The van der Waals surface area contributed by atoms with Gasteiger partial charge in [-0.15, -0.1) is 0 Å². The number of hydrogen-bond acceptors (Lipinski definition) is 3. The fourth-order valence-electron chi connectivity index (χ4n) is 1.17. The van der Waals surface area contributed by atoms with Gasteiger partial charge in [0, 0.05) is 12.7 Å². The van der Waals surface area contributed by atoms with Gasteiger partial charge in [0.2, 0.25) is 0 Å². The van der Waals surface area contributed by atoms with Crippen LogP contribution in [0.25, 0.3) is 5.70 Å². The molecule has 1 amide bonds. The Labute approximate surface area is 94.1 Å². The third-order valence-electron chi connectivity index (χ3n) is 2.18. The maximum atomic E-state index is 11.5. The normalized spacial score (nSPS) is 9.38. The molecule has 0 spiro atoms. The van der Waals surface area contributed by atoms with Gasteiger partial charge in [-0.2, -0.15) is 0 Å². The number of benzene rings is 1. The number of ether oxygens (including phenoxy) is 1. The van der Waals surface area contributed by atoms with E-state index in [4.69, 9.17) is 0 Å². The molecular weight excluding hydrogens is 206 g/mol. The largest absolute Gasteiger partial charge is 0.462 e. The van der Waals surface area contributed by atoms with E-state index in [0.717, 1.165) is 5.56 Å². The quantitative estimate of drug-likeness (QED) is 0.556. The highest BCUT2D eigenvalue weighted by atomic mass is 16.5. The van der Waals surface area contributed by atoms with E-state index in [9.17, 15) is 9.59 Å². The van der Waals surface area contributed by atoms with Crippen molar-refractivity contribution in [3.8, 4) is 0 Å². The molecule has 16 heavy (non-hydrogen) atoms. The maximum absolute atomic E-state index is 11.5. The summed E-state index contributed by atoms with van der Waals surface area (Å²) in [5.74, 6) is -1.64. The maximum Gasteiger partial charge on any atom is 0.397 e. The van der Waals surface area contributed by atoms with Crippen LogP contribution in [0.3, 0.4) is 0 Å². The Balaban J connectivity index is 2.83. The Morgan fingerprint density at radius 1 is 1.25 bits per heavy atom. The van der Waals surface area contributed by atoms with Crippen LogP contribution in [0.2, 0.25) is 0 Å². The molecule has 4 nitrogen and oxygen atoms in total. The summed E-state index contributed by atoms with van der Waals surface area (Å²) in [5, 5.41) is 0. The fourth-order valence-corrected chi connectivity index (χ4v) is 1.17. The average molecular weight is 219 g/mol. The average Bonchev–Trinajstić information content (AvgIpc) is 2.36. The van der Waals surface area contributed by atoms with Gasteiger partial charge >= 0.3 is 11.9 Å². The number of hydrogen-bond donors (Lipinski definition) is 0. The second-order valence-corrected chi connectivity index (χ2v) is 3.17. The fraction of sp³-hybridized carbons (Fsp3) is 0.167. The highest BCUT2D eigenvalue weighted by Crippen LogP contribution is 2.15. The Hall–Kier alpha value is -2.10. The first-order chi connectivity index (χ1) is 7.57. The van der Waals surface area contributed by atoms with Crippen molar-refractivity contribution in [2.45, 2.75) is 0 Å². The molecule has 0 unspecified atom stereocenters. The molecule has 84 valence electrons. The van der Waals surface area contributed by atoms with Crippen LogP contribution in [0.4, 0.5) is 0 Å². The van der Waals surface area contributed by atoms with E-state index in [1.807, 2.05) is 30.3 Å². The van der Waals surface area contributed by atoms with Gasteiger partial charge in [0.15, 0.2) is 0 Å². The molecule has 0 bridgehead atoms. The molecule has 1 rings (SSSR count). The molecule has 0 saturated carbocycles. The molecule has 0 aromatic heterocycles. The standard InChI is InChI=1S/C12H13NO3/c1-9(10-7-5-4-6-8-10)13(2)11(14)12(15)16-3/h4-8H,1H2,2-3H3. The summed E-state index contributed by atoms with van der Waals surface area (Å²) in [6.07, 6.45) is 0. The van der Waals surface area contributed by atoms with Crippen LogP contribution in [-0.4, -0.2) is 30.9 Å². The van der Waals surface area contributed by atoms with Crippen molar-refractivity contribution in [3.63, 3.8) is 0 Å². The minimum atomic E-state index is -0.903. The zero-order valence-electron chi connectivity index (χ0n) is 9.27. The summed E-state index contributed by atoms with van der Waals surface area (Å²) in [6, 6.07) is 9.14. The molecule has 0 fully saturated rings. The van der Waals surface area contributed by atoms with Crippen LogP contribution in [0.15, 0.2) is 36.9 Å². The minimum Gasteiger partial charge on any atom is -0.462 e. The van der Waals surface area contributed by atoms with Crippen molar-refractivity contribution < 1.29 is 14.3 Å². The number of carbonyl (C=O) groups excluding carboxylic acids is 2. The van der Waals surface area contributed by atoms with Crippen LogP contribution in [0.1, 0.15) is 5.56 Å². The van der Waals surface area contributed by atoms with Crippen molar-refractivity contribution in [3.05, 3.63) is 42.5 Å². The predicted molar refractivity (Wildman–Crippen MR) is 60.3 cm³/mol. The molecule has 0 saturated heterocycles. The van der Waals surface area contributed by atoms with E-state index in [-0.39, 0.29) is 0 Å². The topological polar surface area (TPSA) is 46.6 Å². The molecule has 0 aliphatic heterocycles. The molecule has 0 heterocycles. The van der Waals surface area contributed by atoms with Crippen LogP contribution in [0, 0.1) is 0 Å². The monoisotopic (exact) mass is 219 g/mol. The molecule has 0 atom stereocenters. The first-order valence-corrected chi connectivity index (χ1v) is 4.68. The summed E-state index contributed by atoms with van der Waals surface area (Å²) < 4.78 is 4.35. The third-order valence-corrected chi connectivity index (χ3v) is 2.18. The molecule has 0 aliphatic rings. The lowest BCUT2D eigenvalue weighted by Gasteiger charge is -2.18. The van der Waals surface area contributed by atoms with Crippen molar-refractivity contribution in [2.75, 3.05) is 14.2 Å². The zero-order valence-corrected chi connectivity index (χ0v) is 9.27. The number of likely N-dealkylation sites (N-methyl/N-ethyl adjacent to an activating group) is 1. The van der Waals surface area contributed by atoms with Crippen LogP contribution < -0.4 is 0 Å². The van der Waals surface area contributed by atoms with Gasteiger partial charge < -0.3 is 9.64 Å². The lowest BCUT2D eigenvalue weighted by molar-refractivity contribution is -0.155. The van der Waals surface area contributed by atoms with E-state index < -0.39 is 11.9 Å². The smallest absolute Gasteiger partial charge is 0.397 e. The number of methoxy groups -OCH3 is 1. The Kier molecular flexibility index (Phi) is 3.83. The van der Waals surface area contributed by atoms with E-state index in [0.29, 0.717) is 5.70 Å². The molecule has 1 aromatic carbocycles. The molecular formula is C12H13NO3. The van der Waals surface area contributed by atoms with E-state index in [2.05, 4.69) is 11.3 Å². The lowest BCUT2D eigenvalue weighted by Crippen LogP contribution is -2.32. The van der Waals surface area contributed by atoms with Gasteiger partial charge in [-0.1, -0.05) is 36.9 Å². The molecule has 0 N–H and O–H groups in total. The van der Waals surface area contributed by atoms with Crippen molar-refractivity contribution in [1.82, 2.24) is 4.90 Å². The van der Waals surface area contributed by atoms with Gasteiger partial charge in [0.25, 0.3) is 0 Å². The van der Waals surface area contributed by atoms with Crippen molar-refractivity contribution in [1.29, 1.82) is 0 Å². The van der Waals surface area contributed by atoms with Gasteiger partial charge in [0.05, 0.1) is 7.11 Å². The number of rotatable bonds is 2. The third kappa shape index (κ3) is 2.48. The number of carbonyl (C=O) groups is 2. The Morgan fingerprint density at radius 2 is 1.81 bits per heavy atom. The van der Waals surface area contributed by atoms with Crippen LogP contribution in [0.5, 0.6) is 0 Å². The minimum absolute atomic E-state index is 0.455. The molecule has 4 heteroatoms. The van der Waals surface area contributed by atoms with E-state index >= 15 is 0 Å². The lowest BCUT2D eigenvalue weighted by atomic mass is 10.1. The highest BCUT2D eigenvalue weighted by molar-refractivity contribution is 6.33. The van der Waals surface area contributed by atoms with Gasteiger partial charge in [-0.05, 0) is 5.56 Å². The van der Waals surface area contributed by atoms with E-state index in [1.54, 1.807) is 0 Å². The summed E-state index contributed by atoms with van der Waals surface area (Å²) in [7, 11) is 2.65. The SMILES string of the molecule is C=C(c1ccccc1)N(C)C(=O)C(=O)OC. The second-order valence-electron chi connectivity index (χ2n) is 3.17. The van der Waals surface area contributed by atoms with Gasteiger partial charge in [-0.25, -0.2) is 4.79 Å². The number of esters is 1.